The lowest BCUT2D eigenvalue weighted by atomic mass is 9.79. The Bertz CT molecular complexity index is 929. The van der Waals surface area contributed by atoms with Gasteiger partial charge in [-0.1, -0.05) is 11.8 Å². The Kier molecular flexibility index (Phi) is 5.57. The predicted octanol–water partition coefficient (Wildman–Crippen LogP) is 3.25. The maximum Gasteiger partial charge on any atom is 0.309 e. The average Bonchev–Trinajstić information content (AvgIpc) is 2.65. The summed E-state index contributed by atoms with van der Waals surface area (Å²) in [6.45, 7) is 5.58. The summed E-state index contributed by atoms with van der Waals surface area (Å²) < 4.78 is 10.6. The van der Waals surface area contributed by atoms with E-state index in [1.165, 1.54) is 0 Å². The first-order valence-electron chi connectivity index (χ1n) is 9.47. The summed E-state index contributed by atoms with van der Waals surface area (Å²) in [4.78, 5) is 21.0. The first kappa shape index (κ1) is 20.1. The van der Waals surface area contributed by atoms with Gasteiger partial charge in [-0.2, -0.15) is 0 Å². The second-order valence-corrected chi connectivity index (χ2v) is 8.17. The van der Waals surface area contributed by atoms with Crippen LogP contribution >= 0.6 is 0 Å². The molecule has 1 aliphatic carbocycles. The van der Waals surface area contributed by atoms with Crippen molar-refractivity contribution in [2.75, 3.05) is 7.11 Å². The van der Waals surface area contributed by atoms with Crippen LogP contribution in [0.25, 0.3) is 11.0 Å². The number of esters is 1. The molecule has 1 saturated carbocycles. The molecule has 6 nitrogen and oxygen atoms in total. The number of hydrogen-bond donors (Lipinski definition) is 1. The highest BCUT2D eigenvalue weighted by Gasteiger charge is 2.36. The maximum absolute atomic E-state index is 12.2. The van der Waals surface area contributed by atoms with Crippen LogP contribution in [0.1, 0.15) is 52.0 Å². The molecule has 0 bridgehead atoms. The van der Waals surface area contributed by atoms with Gasteiger partial charge in [0.05, 0.1) is 24.1 Å². The van der Waals surface area contributed by atoms with Crippen LogP contribution in [0.15, 0.2) is 24.4 Å². The molecule has 0 radical (unpaired) electrons. The average molecular weight is 382 g/mol. The maximum atomic E-state index is 12.2. The van der Waals surface area contributed by atoms with Gasteiger partial charge in [-0.25, -0.2) is 4.98 Å². The van der Waals surface area contributed by atoms with Crippen LogP contribution in [-0.2, 0) is 9.53 Å². The summed E-state index contributed by atoms with van der Waals surface area (Å²) in [5.74, 6) is 6.16. The number of hydrogen-bond acceptors (Lipinski definition) is 6. The van der Waals surface area contributed by atoms with Crippen LogP contribution < -0.4 is 4.74 Å². The minimum absolute atomic E-state index is 0.186. The Morgan fingerprint density at radius 2 is 1.96 bits per heavy atom. The largest absolute Gasteiger partial charge is 0.481 e. The van der Waals surface area contributed by atoms with E-state index in [9.17, 15) is 9.90 Å². The standard InChI is InChI=1S/C22H26N2O4/c1-21(2,3)28-20(25)16-8-12-22(26,13-9-16)11-7-15-10-14-23-17-5-6-18(27-4)24-19(15)17/h5-6,10,14,16,26H,8-9,12-13H2,1-4H3. The molecule has 1 N–H and O–H groups in total. The van der Waals surface area contributed by atoms with E-state index in [0.29, 0.717) is 48.2 Å². The van der Waals surface area contributed by atoms with Crippen molar-refractivity contribution in [1.82, 2.24) is 9.97 Å². The van der Waals surface area contributed by atoms with Gasteiger partial charge in [0.1, 0.15) is 16.7 Å². The number of fused-ring (bicyclic) bond motifs is 1. The Hall–Kier alpha value is -2.65. The lowest BCUT2D eigenvalue weighted by Gasteiger charge is -2.32. The molecule has 0 unspecified atom stereocenters. The molecule has 1 aliphatic rings. The Balaban J connectivity index is 1.75. The first-order chi connectivity index (χ1) is 13.2. The highest BCUT2D eigenvalue weighted by Crippen LogP contribution is 2.33. The monoisotopic (exact) mass is 382 g/mol. The summed E-state index contributed by atoms with van der Waals surface area (Å²) >= 11 is 0. The number of carbonyl (C=O) groups is 1. The summed E-state index contributed by atoms with van der Waals surface area (Å²) in [6.07, 6.45) is 3.66. The number of rotatable bonds is 2. The van der Waals surface area contributed by atoms with Crippen molar-refractivity contribution in [3.05, 3.63) is 30.0 Å². The van der Waals surface area contributed by atoms with E-state index in [2.05, 4.69) is 21.8 Å². The number of ether oxygens (including phenoxy) is 2. The molecule has 2 aromatic rings. The number of aliphatic hydroxyl groups is 1. The van der Waals surface area contributed by atoms with E-state index >= 15 is 0 Å². The Morgan fingerprint density at radius 3 is 2.61 bits per heavy atom. The van der Waals surface area contributed by atoms with Gasteiger partial charge in [0.15, 0.2) is 0 Å². The van der Waals surface area contributed by atoms with Crippen LogP contribution in [0.5, 0.6) is 5.88 Å². The van der Waals surface area contributed by atoms with Crippen molar-refractivity contribution in [3.63, 3.8) is 0 Å². The summed E-state index contributed by atoms with van der Waals surface area (Å²) in [5, 5.41) is 10.9. The fourth-order valence-corrected chi connectivity index (χ4v) is 3.25. The summed E-state index contributed by atoms with van der Waals surface area (Å²) in [5.41, 5.74) is 0.425. The van der Waals surface area contributed by atoms with Gasteiger partial charge < -0.3 is 14.6 Å². The lowest BCUT2D eigenvalue weighted by molar-refractivity contribution is -0.162. The molecule has 2 aromatic heterocycles. The highest BCUT2D eigenvalue weighted by molar-refractivity contribution is 5.81. The summed E-state index contributed by atoms with van der Waals surface area (Å²) in [7, 11) is 1.56. The van der Waals surface area contributed by atoms with Crippen molar-refractivity contribution >= 4 is 17.0 Å². The van der Waals surface area contributed by atoms with Crippen molar-refractivity contribution in [3.8, 4) is 17.7 Å². The Labute approximate surface area is 165 Å². The molecule has 6 heteroatoms. The molecule has 0 aromatic carbocycles. The zero-order chi connectivity index (χ0) is 20.4. The molecule has 0 amide bonds. The second kappa shape index (κ2) is 7.76. The minimum atomic E-state index is -1.12. The van der Waals surface area contributed by atoms with Crippen LogP contribution in [0, 0.1) is 17.8 Å². The van der Waals surface area contributed by atoms with Gasteiger partial charge in [-0.05, 0) is 58.6 Å². The second-order valence-electron chi connectivity index (χ2n) is 8.17. The number of methoxy groups -OCH3 is 1. The SMILES string of the molecule is COc1ccc2nccc(C#CC3(O)CCC(C(=O)OC(C)(C)C)CC3)c2n1. The first-order valence-corrected chi connectivity index (χ1v) is 9.47. The molecule has 1 fully saturated rings. The topological polar surface area (TPSA) is 81.5 Å². The van der Waals surface area contributed by atoms with Gasteiger partial charge in [0, 0.05) is 12.3 Å². The van der Waals surface area contributed by atoms with E-state index in [4.69, 9.17) is 9.47 Å². The van der Waals surface area contributed by atoms with E-state index in [1.807, 2.05) is 26.8 Å². The van der Waals surface area contributed by atoms with E-state index in [-0.39, 0.29) is 11.9 Å². The van der Waals surface area contributed by atoms with Crippen molar-refractivity contribution < 1.29 is 19.4 Å². The zero-order valence-corrected chi connectivity index (χ0v) is 16.8. The van der Waals surface area contributed by atoms with Crippen molar-refractivity contribution in [2.24, 2.45) is 5.92 Å². The fourth-order valence-electron chi connectivity index (χ4n) is 3.25. The third-order valence-electron chi connectivity index (χ3n) is 4.75. The van der Waals surface area contributed by atoms with Gasteiger partial charge >= 0.3 is 5.97 Å². The molecule has 0 aliphatic heterocycles. The number of carbonyl (C=O) groups excluding carboxylic acids is 1. The van der Waals surface area contributed by atoms with E-state index < -0.39 is 11.2 Å². The third kappa shape index (κ3) is 4.79. The number of aromatic nitrogens is 2. The fraction of sp³-hybridized carbons (Fsp3) is 0.500. The Morgan fingerprint density at radius 1 is 1.25 bits per heavy atom. The van der Waals surface area contributed by atoms with Crippen LogP contribution in [-0.4, -0.2) is 39.4 Å². The molecule has 148 valence electrons. The summed E-state index contributed by atoms with van der Waals surface area (Å²) in [6, 6.07) is 5.35. The van der Waals surface area contributed by atoms with Gasteiger partial charge in [-0.15, -0.1) is 0 Å². The quantitative estimate of drug-likeness (QED) is 0.634. The molecule has 0 atom stereocenters. The highest BCUT2D eigenvalue weighted by atomic mass is 16.6. The molecule has 0 saturated heterocycles. The smallest absolute Gasteiger partial charge is 0.309 e. The molecule has 3 rings (SSSR count). The minimum Gasteiger partial charge on any atom is -0.481 e. The normalized spacial score (nSPS) is 22.2. The molecular weight excluding hydrogens is 356 g/mol. The molecule has 0 spiro atoms. The van der Waals surface area contributed by atoms with Crippen LogP contribution in [0.3, 0.4) is 0 Å². The van der Waals surface area contributed by atoms with E-state index in [0.717, 1.165) is 0 Å². The lowest BCUT2D eigenvalue weighted by Crippen LogP contribution is -2.37. The molecular formula is C22H26N2O4. The number of nitrogens with zero attached hydrogens (tertiary/aromatic N) is 2. The van der Waals surface area contributed by atoms with Crippen molar-refractivity contribution in [1.29, 1.82) is 0 Å². The van der Waals surface area contributed by atoms with Gasteiger partial charge in [-0.3, -0.25) is 9.78 Å². The van der Waals surface area contributed by atoms with Gasteiger partial charge in [0.2, 0.25) is 5.88 Å². The third-order valence-corrected chi connectivity index (χ3v) is 4.75. The van der Waals surface area contributed by atoms with Crippen LogP contribution in [0.2, 0.25) is 0 Å². The molecule has 2 heterocycles. The molecule has 28 heavy (non-hydrogen) atoms. The number of pyridine rings is 2. The predicted molar refractivity (Wildman–Crippen MR) is 106 cm³/mol. The van der Waals surface area contributed by atoms with Gasteiger partial charge in [0.25, 0.3) is 0 Å². The van der Waals surface area contributed by atoms with E-state index in [1.54, 1.807) is 25.4 Å². The van der Waals surface area contributed by atoms with Crippen molar-refractivity contribution in [2.45, 2.75) is 57.7 Å². The zero-order valence-electron chi connectivity index (χ0n) is 16.8. The van der Waals surface area contributed by atoms with Crippen LogP contribution in [0.4, 0.5) is 0 Å².